The van der Waals surface area contributed by atoms with Crippen LogP contribution in [0.25, 0.3) is 0 Å². The van der Waals surface area contributed by atoms with Crippen LogP contribution >= 0.6 is 34.7 Å². The first-order valence-corrected chi connectivity index (χ1v) is 10.2. The Bertz CT molecular complexity index is 977. The fraction of sp³-hybridized carbons (Fsp3) is 0.158. The molecular formula is C19H14ClF3N2OS2. The Morgan fingerprint density at radius 1 is 1.21 bits per heavy atom. The highest BCUT2D eigenvalue weighted by Crippen LogP contribution is 2.39. The molecule has 3 rings (SSSR count). The highest BCUT2D eigenvalue weighted by Gasteiger charge is 2.33. The number of nitrogens with one attached hydrogen (secondary N) is 1. The predicted molar refractivity (Wildman–Crippen MR) is 107 cm³/mol. The predicted octanol–water partition coefficient (Wildman–Crippen LogP) is 6.60. The molecular weight excluding hydrogens is 429 g/mol. The van der Waals surface area contributed by atoms with Crippen LogP contribution in [0, 0.1) is 6.92 Å². The molecule has 0 spiro atoms. The largest absolute Gasteiger partial charge is 0.417 e. The van der Waals surface area contributed by atoms with Gasteiger partial charge in [-0.05, 0) is 30.7 Å². The number of hydrogen-bond acceptors (Lipinski definition) is 4. The molecule has 3 nitrogen and oxygen atoms in total. The number of rotatable bonds is 5. The van der Waals surface area contributed by atoms with Gasteiger partial charge in [0.25, 0.3) is 0 Å². The minimum Gasteiger partial charge on any atom is -0.325 e. The molecule has 0 aliphatic carbocycles. The molecule has 0 unspecified atom stereocenters. The van der Waals surface area contributed by atoms with E-state index in [4.69, 9.17) is 11.6 Å². The number of anilines is 1. The first-order valence-electron chi connectivity index (χ1n) is 8.05. The van der Waals surface area contributed by atoms with E-state index in [2.05, 4.69) is 10.3 Å². The fourth-order valence-corrected chi connectivity index (χ4v) is 4.67. The summed E-state index contributed by atoms with van der Waals surface area (Å²) in [5, 5.41) is 3.35. The van der Waals surface area contributed by atoms with E-state index in [0.29, 0.717) is 4.34 Å². The molecule has 0 saturated carbocycles. The quantitative estimate of drug-likeness (QED) is 0.453. The highest BCUT2D eigenvalue weighted by molar-refractivity contribution is 8.01. The van der Waals surface area contributed by atoms with E-state index in [1.807, 2.05) is 18.4 Å². The Labute approximate surface area is 172 Å². The van der Waals surface area contributed by atoms with Gasteiger partial charge in [0, 0.05) is 16.8 Å². The molecule has 1 amide bonds. The second-order valence-corrected chi connectivity index (χ2v) is 8.46. The molecule has 0 bridgehead atoms. The first kappa shape index (κ1) is 20.7. The van der Waals surface area contributed by atoms with Crippen molar-refractivity contribution in [3.63, 3.8) is 0 Å². The number of halogens is 4. The molecule has 0 fully saturated rings. The van der Waals surface area contributed by atoms with Crippen molar-refractivity contribution in [2.45, 2.75) is 22.7 Å². The van der Waals surface area contributed by atoms with E-state index in [1.54, 1.807) is 24.3 Å². The summed E-state index contributed by atoms with van der Waals surface area (Å²) >= 11 is 8.30. The van der Waals surface area contributed by atoms with Crippen LogP contribution < -0.4 is 5.32 Å². The number of aromatic nitrogens is 1. The Kier molecular flexibility index (Phi) is 6.32. The van der Waals surface area contributed by atoms with Gasteiger partial charge in [-0.15, -0.1) is 11.3 Å². The second kappa shape index (κ2) is 8.55. The van der Waals surface area contributed by atoms with Crippen molar-refractivity contribution < 1.29 is 18.0 Å². The Balaban J connectivity index is 1.87. The number of benzene rings is 2. The summed E-state index contributed by atoms with van der Waals surface area (Å²) in [5.74, 6) is -0.445. The zero-order valence-electron chi connectivity index (χ0n) is 14.5. The van der Waals surface area contributed by atoms with E-state index >= 15 is 0 Å². The van der Waals surface area contributed by atoms with Crippen LogP contribution in [0.2, 0.25) is 5.02 Å². The van der Waals surface area contributed by atoms with Crippen molar-refractivity contribution in [3.05, 3.63) is 75.8 Å². The molecule has 9 heteroatoms. The maximum absolute atomic E-state index is 13.1. The Morgan fingerprint density at radius 3 is 2.54 bits per heavy atom. The number of hydrogen-bond donors (Lipinski definition) is 1. The third-order valence-corrected chi connectivity index (χ3v) is 6.37. The van der Waals surface area contributed by atoms with Crippen molar-refractivity contribution >= 4 is 46.3 Å². The van der Waals surface area contributed by atoms with Gasteiger partial charge in [0.15, 0.2) is 4.34 Å². The molecule has 1 aromatic heterocycles. The number of nitrogens with zero attached hydrogens (tertiary/aromatic N) is 1. The number of aryl methyl sites for hydroxylation is 1. The minimum absolute atomic E-state index is 0.0265. The van der Waals surface area contributed by atoms with E-state index in [9.17, 15) is 18.0 Å². The molecule has 0 aliphatic rings. The maximum Gasteiger partial charge on any atom is 0.417 e. The van der Waals surface area contributed by atoms with Crippen LogP contribution in [0.15, 0.2) is 58.3 Å². The average Bonchev–Trinajstić information content (AvgIpc) is 3.06. The lowest BCUT2D eigenvalue weighted by Crippen LogP contribution is -2.19. The van der Waals surface area contributed by atoms with E-state index in [0.717, 1.165) is 23.4 Å². The SMILES string of the molecule is Cc1csc(S[C@@H](C(=O)Nc2ccc(Cl)c(C(F)(F)F)c2)c2ccccc2)n1. The molecule has 2 aromatic carbocycles. The molecule has 1 atom stereocenters. The summed E-state index contributed by atoms with van der Waals surface area (Å²) in [7, 11) is 0. The van der Waals surface area contributed by atoms with Crippen LogP contribution in [0.5, 0.6) is 0 Å². The van der Waals surface area contributed by atoms with Crippen molar-refractivity contribution in [2.24, 2.45) is 0 Å². The van der Waals surface area contributed by atoms with Gasteiger partial charge in [0.1, 0.15) is 5.25 Å². The summed E-state index contributed by atoms with van der Waals surface area (Å²) in [6, 6.07) is 12.3. The summed E-state index contributed by atoms with van der Waals surface area (Å²) in [4.78, 5) is 17.3. The molecule has 1 N–H and O–H groups in total. The number of thioether (sulfide) groups is 1. The molecule has 1 heterocycles. The highest BCUT2D eigenvalue weighted by atomic mass is 35.5. The molecule has 28 heavy (non-hydrogen) atoms. The van der Waals surface area contributed by atoms with Gasteiger partial charge in [-0.25, -0.2) is 4.98 Å². The molecule has 146 valence electrons. The Hall–Kier alpha value is -2.03. The number of carbonyl (C=O) groups is 1. The lowest BCUT2D eigenvalue weighted by atomic mass is 10.1. The van der Waals surface area contributed by atoms with Gasteiger partial charge in [0.2, 0.25) is 5.91 Å². The van der Waals surface area contributed by atoms with E-state index in [1.165, 1.54) is 29.2 Å². The van der Waals surface area contributed by atoms with Crippen molar-refractivity contribution in [1.29, 1.82) is 0 Å². The molecule has 3 aromatic rings. The topological polar surface area (TPSA) is 42.0 Å². The van der Waals surface area contributed by atoms with Crippen molar-refractivity contribution in [2.75, 3.05) is 5.32 Å². The van der Waals surface area contributed by atoms with Gasteiger partial charge in [-0.3, -0.25) is 4.79 Å². The number of alkyl halides is 3. The van der Waals surface area contributed by atoms with Gasteiger partial charge in [-0.2, -0.15) is 13.2 Å². The van der Waals surface area contributed by atoms with E-state index < -0.39 is 27.9 Å². The normalized spacial score (nSPS) is 12.6. The van der Waals surface area contributed by atoms with Crippen molar-refractivity contribution in [3.8, 4) is 0 Å². The number of amides is 1. The van der Waals surface area contributed by atoms with Crippen molar-refractivity contribution in [1.82, 2.24) is 4.98 Å². The maximum atomic E-state index is 13.1. The second-order valence-electron chi connectivity index (χ2n) is 5.85. The first-order chi connectivity index (χ1) is 13.2. The number of carbonyl (C=O) groups excluding carboxylic acids is 1. The van der Waals surface area contributed by atoms with Gasteiger partial charge < -0.3 is 5.32 Å². The van der Waals surface area contributed by atoms with Crippen LogP contribution in [0.3, 0.4) is 0 Å². The van der Waals surface area contributed by atoms with Crippen LogP contribution in [0.1, 0.15) is 22.1 Å². The van der Waals surface area contributed by atoms with Gasteiger partial charge in [0.05, 0.1) is 10.6 Å². The van der Waals surface area contributed by atoms with Crippen LogP contribution in [-0.2, 0) is 11.0 Å². The van der Waals surface area contributed by atoms with Gasteiger partial charge in [-0.1, -0.05) is 53.7 Å². The molecule has 0 radical (unpaired) electrons. The summed E-state index contributed by atoms with van der Waals surface area (Å²) < 4.78 is 39.9. The van der Waals surface area contributed by atoms with Crippen LogP contribution in [-0.4, -0.2) is 10.9 Å². The Morgan fingerprint density at radius 2 is 1.93 bits per heavy atom. The molecule has 0 saturated heterocycles. The zero-order valence-corrected chi connectivity index (χ0v) is 16.8. The fourth-order valence-electron chi connectivity index (χ4n) is 2.42. The summed E-state index contributed by atoms with van der Waals surface area (Å²) in [6.45, 7) is 1.85. The standard InChI is InChI=1S/C19H14ClF3N2OS2/c1-11-10-27-18(24-11)28-16(12-5-3-2-4-6-12)17(26)25-13-7-8-15(20)14(9-13)19(21,22)23/h2-10,16H,1H3,(H,25,26)/t16-/m1/s1. The lowest BCUT2D eigenvalue weighted by molar-refractivity contribution is -0.137. The third kappa shape index (κ3) is 5.06. The minimum atomic E-state index is -4.61. The average molecular weight is 443 g/mol. The van der Waals surface area contributed by atoms with E-state index in [-0.39, 0.29) is 5.69 Å². The number of thiazole rings is 1. The summed E-state index contributed by atoms with van der Waals surface area (Å²) in [5.41, 5.74) is 0.597. The third-order valence-electron chi connectivity index (χ3n) is 3.70. The monoisotopic (exact) mass is 442 g/mol. The lowest BCUT2D eigenvalue weighted by Gasteiger charge is -2.17. The summed E-state index contributed by atoms with van der Waals surface area (Å²) in [6.07, 6.45) is -4.61. The van der Waals surface area contributed by atoms with Gasteiger partial charge >= 0.3 is 6.18 Å². The smallest absolute Gasteiger partial charge is 0.325 e. The zero-order chi connectivity index (χ0) is 20.3. The van der Waals surface area contributed by atoms with Crippen LogP contribution in [0.4, 0.5) is 18.9 Å². The molecule has 0 aliphatic heterocycles.